The highest BCUT2D eigenvalue weighted by Gasteiger charge is 2.38. The van der Waals surface area contributed by atoms with Gasteiger partial charge in [-0.05, 0) is 38.1 Å². The van der Waals surface area contributed by atoms with Crippen molar-refractivity contribution in [1.82, 2.24) is 9.55 Å². The van der Waals surface area contributed by atoms with E-state index in [1.807, 2.05) is 0 Å². The van der Waals surface area contributed by atoms with Gasteiger partial charge in [0, 0.05) is 23.0 Å². The third-order valence-corrected chi connectivity index (χ3v) is 6.35. The number of rotatable bonds is 5. The SMILES string of the molecule is Cc1c(N2CN(c3ccc(=O)n(COP(=O)(O)O)c3C)C(=O)c3cc(C(F)(F)F)ncc32)ccc(F)c1F. The summed E-state index contributed by atoms with van der Waals surface area (Å²) in [7, 11) is -4.99. The van der Waals surface area contributed by atoms with Gasteiger partial charge in [0.15, 0.2) is 11.6 Å². The van der Waals surface area contributed by atoms with E-state index < -0.39 is 61.8 Å². The van der Waals surface area contributed by atoms with Gasteiger partial charge in [-0.2, -0.15) is 13.2 Å². The highest BCUT2D eigenvalue weighted by atomic mass is 31.2. The molecule has 202 valence electrons. The first-order valence-corrected chi connectivity index (χ1v) is 12.1. The largest absolute Gasteiger partial charge is 0.471 e. The van der Waals surface area contributed by atoms with Crippen LogP contribution in [-0.4, -0.2) is 31.9 Å². The molecule has 38 heavy (non-hydrogen) atoms. The third-order valence-electron chi connectivity index (χ3n) is 5.90. The van der Waals surface area contributed by atoms with Crippen molar-refractivity contribution in [3.63, 3.8) is 0 Å². The predicted octanol–water partition coefficient (Wildman–Crippen LogP) is 3.98. The van der Waals surface area contributed by atoms with Crippen LogP contribution in [-0.2, 0) is 22.0 Å². The lowest BCUT2D eigenvalue weighted by molar-refractivity contribution is -0.141. The lowest BCUT2D eigenvalue weighted by Gasteiger charge is -2.39. The second-order valence-electron chi connectivity index (χ2n) is 8.21. The average Bonchev–Trinajstić information content (AvgIpc) is 2.82. The van der Waals surface area contributed by atoms with E-state index in [9.17, 15) is 36.1 Å². The van der Waals surface area contributed by atoms with E-state index in [0.29, 0.717) is 6.07 Å². The van der Waals surface area contributed by atoms with Gasteiger partial charge in [0.25, 0.3) is 11.5 Å². The molecule has 0 fully saturated rings. The number of fused-ring (bicyclic) bond motifs is 1. The van der Waals surface area contributed by atoms with Crippen molar-refractivity contribution in [3.8, 4) is 0 Å². The highest BCUT2D eigenvalue weighted by Crippen LogP contribution is 2.40. The summed E-state index contributed by atoms with van der Waals surface area (Å²) in [6.45, 7) is 1.25. The number of alkyl halides is 3. The molecule has 0 bridgehead atoms. The molecule has 0 saturated heterocycles. The summed E-state index contributed by atoms with van der Waals surface area (Å²) in [6, 6.07) is 4.69. The first kappa shape index (κ1) is 27.4. The Morgan fingerprint density at radius 2 is 1.68 bits per heavy atom. The molecule has 1 aliphatic rings. The number of hydrogen-bond acceptors (Lipinski definition) is 6. The standard InChI is InChI=1S/C22H18F5N4O6P/c1-11-15(4-3-14(23)20(11)24)29-9-30(21(33)13-7-18(22(25,26)27)28-8-17(13)29)16-5-6-19(32)31(12(16)2)10-37-38(34,35)36/h3-8H,9-10H2,1-2H3,(H2,34,35,36). The van der Waals surface area contributed by atoms with Crippen LogP contribution in [0.1, 0.15) is 27.3 Å². The van der Waals surface area contributed by atoms with Crippen LogP contribution in [0.15, 0.2) is 41.3 Å². The summed E-state index contributed by atoms with van der Waals surface area (Å²) >= 11 is 0. The van der Waals surface area contributed by atoms with Gasteiger partial charge < -0.3 is 14.7 Å². The normalized spacial score (nSPS) is 14.2. The number of hydrogen-bond donors (Lipinski definition) is 2. The number of phosphoric acid groups is 1. The maximum absolute atomic E-state index is 14.4. The molecule has 0 spiro atoms. The molecule has 0 saturated carbocycles. The Morgan fingerprint density at radius 3 is 2.32 bits per heavy atom. The number of carbonyl (C=O) groups excluding carboxylic acids is 1. The first-order valence-electron chi connectivity index (χ1n) is 10.6. The second-order valence-corrected chi connectivity index (χ2v) is 9.45. The van der Waals surface area contributed by atoms with E-state index in [1.54, 1.807) is 0 Å². The number of carbonyl (C=O) groups is 1. The van der Waals surface area contributed by atoms with Crippen molar-refractivity contribution in [3.05, 3.63) is 81.0 Å². The van der Waals surface area contributed by atoms with Crippen LogP contribution in [0.3, 0.4) is 0 Å². The fourth-order valence-corrected chi connectivity index (χ4v) is 4.25. The van der Waals surface area contributed by atoms with E-state index in [4.69, 9.17) is 9.79 Å². The van der Waals surface area contributed by atoms with Crippen molar-refractivity contribution >= 4 is 30.8 Å². The molecule has 1 aromatic carbocycles. The van der Waals surface area contributed by atoms with Crippen molar-refractivity contribution in [2.24, 2.45) is 0 Å². The first-order chi connectivity index (χ1) is 17.6. The molecule has 2 N–H and O–H groups in total. The predicted molar refractivity (Wildman–Crippen MR) is 123 cm³/mol. The molecule has 4 rings (SSSR count). The van der Waals surface area contributed by atoms with Gasteiger partial charge in [-0.25, -0.2) is 18.3 Å². The van der Waals surface area contributed by atoms with Crippen LogP contribution in [0.25, 0.3) is 0 Å². The Balaban J connectivity index is 1.91. The fraction of sp³-hybridized carbons (Fsp3) is 0.227. The zero-order chi connectivity index (χ0) is 28.2. The van der Waals surface area contributed by atoms with Gasteiger partial charge >= 0.3 is 14.0 Å². The molecule has 16 heteroatoms. The van der Waals surface area contributed by atoms with E-state index in [1.165, 1.54) is 30.9 Å². The van der Waals surface area contributed by atoms with Crippen LogP contribution in [0.5, 0.6) is 0 Å². The molecule has 1 amide bonds. The highest BCUT2D eigenvalue weighted by molar-refractivity contribution is 7.46. The van der Waals surface area contributed by atoms with E-state index >= 15 is 0 Å². The Labute approximate surface area is 210 Å². The number of amides is 1. The molecule has 3 aromatic rings. The van der Waals surface area contributed by atoms with Crippen molar-refractivity contribution in [2.45, 2.75) is 26.8 Å². The number of benzene rings is 1. The van der Waals surface area contributed by atoms with Crippen LogP contribution in [0.4, 0.5) is 39.0 Å². The number of nitrogens with zero attached hydrogens (tertiary/aromatic N) is 4. The van der Waals surface area contributed by atoms with E-state index in [-0.39, 0.29) is 28.3 Å². The molecule has 0 radical (unpaired) electrons. The number of anilines is 3. The summed E-state index contributed by atoms with van der Waals surface area (Å²) in [4.78, 5) is 49.4. The molecule has 10 nitrogen and oxygen atoms in total. The Kier molecular flexibility index (Phi) is 6.91. The number of aromatic nitrogens is 2. The summed E-state index contributed by atoms with van der Waals surface area (Å²) < 4.78 is 84.8. The molecule has 0 unspecified atom stereocenters. The molecular weight excluding hydrogens is 542 g/mol. The maximum Gasteiger partial charge on any atom is 0.471 e. The monoisotopic (exact) mass is 560 g/mol. The van der Waals surface area contributed by atoms with Gasteiger partial charge in [-0.1, -0.05) is 0 Å². The van der Waals surface area contributed by atoms with E-state index in [2.05, 4.69) is 9.51 Å². The number of phosphoric ester groups is 1. The van der Waals surface area contributed by atoms with Crippen LogP contribution < -0.4 is 15.4 Å². The minimum Gasteiger partial charge on any atom is -0.320 e. The quantitative estimate of drug-likeness (QED) is 0.355. The summed E-state index contributed by atoms with van der Waals surface area (Å²) in [5.74, 6) is -3.30. The van der Waals surface area contributed by atoms with Gasteiger partial charge in [-0.3, -0.25) is 23.6 Å². The van der Waals surface area contributed by atoms with Gasteiger partial charge in [0.1, 0.15) is 19.1 Å². The van der Waals surface area contributed by atoms with Crippen molar-refractivity contribution in [2.75, 3.05) is 16.5 Å². The summed E-state index contributed by atoms with van der Waals surface area (Å²) in [5, 5.41) is 0. The smallest absolute Gasteiger partial charge is 0.320 e. The molecule has 0 atom stereocenters. The fourth-order valence-electron chi connectivity index (χ4n) is 3.99. The minimum atomic E-state index is -4.99. The zero-order valence-corrected chi connectivity index (χ0v) is 20.4. The zero-order valence-electron chi connectivity index (χ0n) is 19.5. The minimum absolute atomic E-state index is 0.0187. The topological polar surface area (TPSA) is 125 Å². The Bertz CT molecular complexity index is 1550. The summed E-state index contributed by atoms with van der Waals surface area (Å²) in [5.41, 5.74) is -2.90. The third kappa shape index (κ3) is 5.05. The molecular formula is C22H18F5N4O6P. The Morgan fingerprint density at radius 1 is 1.03 bits per heavy atom. The molecule has 3 heterocycles. The van der Waals surface area contributed by atoms with Crippen LogP contribution in [0.2, 0.25) is 0 Å². The number of pyridine rings is 2. The maximum atomic E-state index is 14.4. The van der Waals surface area contributed by atoms with Crippen LogP contribution >= 0.6 is 7.82 Å². The van der Waals surface area contributed by atoms with E-state index in [0.717, 1.165) is 27.8 Å². The molecule has 1 aliphatic heterocycles. The molecule has 0 aliphatic carbocycles. The van der Waals surface area contributed by atoms with Crippen LogP contribution in [0, 0.1) is 25.5 Å². The second kappa shape index (κ2) is 9.58. The Hall–Kier alpha value is -3.65. The molecule has 2 aromatic heterocycles. The van der Waals surface area contributed by atoms with Gasteiger partial charge in [0.2, 0.25) is 0 Å². The average molecular weight is 560 g/mol. The van der Waals surface area contributed by atoms with Crippen molar-refractivity contribution in [1.29, 1.82) is 0 Å². The van der Waals surface area contributed by atoms with Crippen molar-refractivity contribution < 1.29 is 45.6 Å². The van der Waals surface area contributed by atoms with Gasteiger partial charge in [-0.15, -0.1) is 0 Å². The van der Waals surface area contributed by atoms with Gasteiger partial charge in [0.05, 0.1) is 23.1 Å². The lowest BCUT2D eigenvalue weighted by Crippen LogP contribution is -2.46. The lowest BCUT2D eigenvalue weighted by atomic mass is 10.0. The summed E-state index contributed by atoms with van der Waals surface area (Å²) in [6.07, 6.45) is -4.10. The number of halogens is 5.